The normalized spacial score (nSPS) is 31.6. The summed E-state index contributed by atoms with van der Waals surface area (Å²) in [5, 5.41) is 18.4. The minimum absolute atomic E-state index is 0.0428. The summed E-state index contributed by atoms with van der Waals surface area (Å²) >= 11 is 12.8. The van der Waals surface area contributed by atoms with Crippen LogP contribution in [0.5, 0.6) is 0 Å². The highest BCUT2D eigenvalue weighted by molar-refractivity contribution is 6.32. The van der Waals surface area contributed by atoms with Gasteiger partial charge >= 0.3 is 0 Å². The summed E-state index contributed by atoms with van der Waals surface area (Å²) in [7, 11) is 0. The number of aliphatic hydroxyl groups excluding tert-OH is 1. The SMILES string of the molecule is C[C@@]1(N2CC[C@@H](c3cc4nc(Nc5cnn(C6CC6(F)F)c5Cl)ncc4cc3Cl)[C@H](F)C2)COC[C@@H]1O. The van der Waals surface area contributed by atoms with E-state index in [-0.39, 0.29) is 30.7 Å². The predicted octanol–water partition coefficient (Wildman–Crippen LogP) is 4.73. The van der Waals surface area contributed by atoms with Crippen molar-refractivity contribution in [2.45, 2.75) is 55.5 Å². The van der Waals surface area contributed by atoms with Crippen LogP contribution in [0.15, 0.2) is 24.5 Å². The van der Waals surface area contributed by atoms with E-state index in [1.165, 1.54) is 6.20 Å². The zero-order valence-electron chi connectivity index (χ0n) is 19.8. The number of anilines is 2. The minimum atomic E-state index is -2.81. The number of fused-ring (bicyclic) bond motifs is 1. The second kappa shape index (κ2) is 8.94. The van der Waals surface area contributed by atoms with Crippen molar-refractivity contribution in [3.05, 3.63) is 40.3 Å². The van der Waals surface area contributed by atoms with Gasteiger partial charge in [-0.15, -0.1) is 0 Å². The Hall–Kier alpha value is -2.18. The molecular weight excluding hydrogens is 532 g/mol. The quantitative estimate of drug-likeness (QED) is 0.469. The molecule has 6 rings (SSSR count). The number of alkyl halides is 3. The predicted molar refractivity (Wildman–Crippen MR) is 133 cm³/mol. The number of aliphatic hydroxyl groups is 1. The zero-order valence-corrected chi connectivity index (χ0v) is 21.4. The van der Waals surface area contributed by atoms with Crippen LogP contribution in [0.2, 0.25) is 10.2 Å². The molecule has 2 aliphatic heterocycles. The van der Waals surface area contributed by atoms with E-state index in [1.54, 1.807) is 18.3 Å². The van der Waals surface area contributed by atoms with Crippen molar-refractivity contribution >= 4 is 45.7 Å². The number of piperidine rings is 1. The molecule has 0 amide bonds. The Morgan fingerprint density at radius 3 is 2.70 bits per heavy atom. The number of halogens is 5. The first kappa shape index (κ1) is 25.1. The maximum absolute atomic E-state index is 15.5. The molecule has 0 radical (unpaired) electrons. The standard InChI is InChI=1S/C24H25Cl2F3N6O2/c1-23(11-37-10-20(23)36)34-3-2-13(16(27)9-34)14-5-17-12(4-15(14)25)7-30-22(32-17)33-18-8-31-35(21(18)26)19-6-24(19,28)29/h4-5,7-8,13,16,19-20,36H,2-3,6,9-11H2,1H3,(H,30,32,33)/t13-,16+,19?,20-,23+/m0/s1. The number of benzene rings is 1. The molecule has 2 saturated heterocycles. The second-order valence-corrected chi connectivity index (χ2v) is 11.0. The molecule has 3 fully saturated rings. The Kier molecular flexibility index (Phi) is 6.07. The van der Waals surface area contributed by atoms with E-state index in [4.69, 9.17) is 27.9 Å². The van der Waals surface area contributed by atoms with Gasteiger partial charge in [0, 0.05) is 35.5 Å². The number of nitrogens with zero attached hydrogens (tertiary/aromatic N) is 5. The first-order chi connectivity index (χ1) is 17.6. The molecule has 0 spiro atoms. The van der Waals surface area contributed by atoms with Gasteiger partial charge in [0.25, 0.3) is 5.92 Å². The van der Waals surface area contributed by atoms with E-state index in [1.807, 2.05) is 11.8 Å². The summed E-state index contributed by atoms with van der Waals surface area (Å²) in [6.45, 7) is 3.27. The minimum Gasteiger partial charge on any atom is -0.389 e. The number of hydrogen-bond donors (Lipinski definition) is 2. The van der Waals surface area contributed by atoms with Crippen molar-refractivity contribution in [2.24, 2.45) is 0 Å². The Morgan fingerprint density at radius 2 is 2.03 bits per heavy atom. The van der Waals surface area contributed by atoms with Crippen LogP contribution in [0.3, 0.4) is 0 Å². The maximum atomic E-state index is 15.5. The molecule has 5 atom stereocenters. The van der Waals surface area contributed by atoms with Crippen LogP contribution in [0, 0.1) is 0 Å². The highest BCUT2D eigenvalue weighted by atomic mass is 35.5. The van der Waals surface area contributed by atoms with E-state index in [2.05, 4.69) is 20.4 Å². The van der Waals surface area contributed by atoms with Gasteiger partial charge in [-0.25, -0.2) is 27.8 Å². The third-order valence-corrected chi connectivity index (χ3v) is 8.52. The molecule has 198 valence electrons. The van der Waals surface area contributed by atoms with Crippen LogP contribution in [-0.2, 0) is 4.74 Å². The molecule has 2 aromatic heterocycles. The van der Waals surface area contributed by atoms with Gasteiger partial charge in [0.15, 0.2) is 5.15 Å². The van der Waals surface area contributed by atoms with Crippen LogP contribution >= 0.6 is 23.2 Å². The molecule has 8 nitrogen and oxygen atoms in total. The third kappa shape index (κ3) is 4.34. The van der Waals surface area contributed by atoms with Crippen LogP contribution in [0.25, 0.3) is 10.9 Å². The van der Waals surface area contributed by atoms with E-state index in [0.29, 0.717) is 46.7 Å². The number of hydrogen-bond acceptors (Lipinski definition) is 7. The van der Waals surface area contributed by atoms with E-state index in [9.17, 15) is 13.9 Å². The summed E-state index contributed by atoms with van der Waals surface area (Å²) in [5.41, 5.74) is 0.901. The number of likely N-dealkylation sites (tertiary alicyclic amines) is 1. The average Bonchev–Trinajstić information content (AvgIpc) is 3.13. The van der Waals surface area contributed by atoms with Gasteiger partial charge < -0.3 is 15.2 Å². The second-order valence-electron chi connectivity index (χ2n) is 10.3. The fourth-order valence-corrected chi connectivity index (χ4v) is 5.89. The van der Waals surface area contributed by atoms with Crippen molar-refractivity contribution in [2.75, 3.05) is 31.6 Å². The van der Waals surface area contributed by atoms with Crippen molar-refractivity contribution in [3.8, 4) is 0 Å². The van der Waals surface area contributed by atoms with Crippen LogP contribution in [0.1, 0.15) is 37.3 Å². The van der Waals surface area contributed by atoms with Gasteiger partial charge in [0.1, 0.15) is 12.2 Å². The first-order valence-electron chi connectivity index (χ1n) is 12.1. The molecule has 3 aromatic rings. The van der Waals surface area contributed by atoms with Gasteiger partial charge in [-0.1, -0.05) is 23.2 Å². The Morgan fingerprint density at radius 1 is 1.24 bits per heavy atom. The Balaban J connectivity index is 1.23. The van der Waals surface area contributed by atoms with Gasteiger partial charge in [0.05, 0.1) is 42.3 Å². The van der Waals surface area contributed by atoms with Crippen molar-refractivity contribution < 1.29 is 23.0 Å². The Labute approximate surface area is 220 Å². The lowest BCUT2D eigenvalue weighted by Gasteiger charge is -2.45. The molecule has 0 bridgehead atoms. The molecular formula is C24H25Cl2F3N6O2. The number of aromatic nitrogens is 4. The molecule has 37 heavy (non-hydrogen) atoms. The summed E-state index contributed by atoms with van der Waals surface area (Å²) in [6.07, 6.45) is 1.29. The van der Waals surface area contributed by atoms with Crippen molar-refractivity contribution in [1.82, 2.24) is 24.6 Å². The lowest BCUT2D eigenvalue weighted by molar-refractivity contribution is -0.0238. The summed E-state index contributed by atoms with van der Waals surface area (Å²) < 4.78 is 48.9. The summed E-state index contributed by atoms with van der Waals surface area (Å²) in [4.78, 5) is 10.8. The molecule has 1 aromatic carbocycles. The van der Waals surface area contributed by atoms with Crippen LogP contribution < -0.4 is 5.32 Å². The highest BCUT2D eigenvalue weighted by Crippen LogP contribution is 2.53. The molecule has 1 unspecified atom stereocenters. The monoisotopic (exact) mass is 556 g/mol. The summed E-state index contributed by atoms with van der Waals surface area (Å²) in [5.74, 6) is -3.05. The number of ether oxygens (including phenoxy) is 1. The lowest BCUT2D eigenvalue weighted by atomic mass is 9.84. The summed E-state index contributed by atoms with van der Waals surface area (Å²) in [6, 6.07) is 2.43. The smallest absolute Gasteiger partial charge is 0.272 e. The molecule has 4 heterocycles. The zero-order chi connectivity index (χ0) is 26.1. The number of rotatable bonds is 5. The third-order valence-electron chi connectivity index (χ3n) is 7.82. The molecule has 2 N–H and O–H groups in total. The Bertz CT molecular complexity index is 1360. The van der Waals surface area contributed by atoms with Gasteiger partial charge in [-0.3, -0.25) is 4.90 Å². The largest absolute Gasteiger partial charge is 0.389 e. The topological polar surface area (TPSA) is 88.3 Å². The molecule has 1 aliphatic carbocycles. The fourth-order valence-electron chi connectivity index (χ4n) is 5.32. The molecule has 13 heteroatoms. The van der Waals surface area contributed by atoms with Crippen molar-refractivity contribution in [1.29, 1.82) is 0 Å². The fraction of sp³-hybridized carbons (Fsp3) is 0.542. The number of nitrogens with one attached hydrogen (secondary N) is 1. The van der Waals surface area contributed by atoms with E-state index in [0.717, 1.165) is 4.68 Å². The van der Waals surface area contributed by atoms with E-state index >= 15 is 4.39 Å². The van der Waals surface area contributed by atoms with E-state index < -0.39 is 35.7 Å². The molecule has 3 aliphatic rings. The van der Waals surface area contributed by atoms with Crippen molar-refractivity contribution in [3.63, 3.8) is 0 Å². The first-order valence-corrected chi connectivity index (χ1v) is 12.8. The average molecular weight is 557 g/mol. The molecule has 1 saturated carbocycles. The van der Waals surface area contributed by atoms with Gasteiger partial charge in [-0.2, -0.15) is 5.10 Å². The lowest BCUT2D eigenvalue weighted by Crippen LogP contribution is -2.58. The van der Waals surface area contributed by atoms with Gasteiger partial charge in [0.2, 0.25) is 5.95 Å². The highest BCUT2D eigenvalue weighted by Gasteiger charge is 2.59. The maximum Gasteiger partial charge on any atom is 0.272 e. The van der Waals surface area contributed by atoms with Crippen LogP contribution in [-0.4, -0.2) is 79.8 Å². The van der Waals surface area contributed by atoms with Crippen LogP contribution in [0.4, 0.5) is 24.8 Å². The van der Waals surface area contributed by atoms with Gasteiger partial charge in [-0.05, 0) is 37.6 Å².